The summed E-state index contributed by atoms with van der Waals surface area (Å²) in [5.74, 6) is -2.07. The SMILES string of the molecule is O=C(O)C1CC=CCC1C(=O)Nc1cccc(SCC(=O)N2CCN(Cc3ccccc3)CC2)c1. The minimum Gasteiger partial charge on any atom is -0.481 e. The van der Waals surface area contributed by atoms with Crippen molar-refractivity contribution in [3.63, 3.8) is 0 Å². The van der Waals surface area contributed by atoms with Gasteiger partial charge in [0.05, 0.1) is 17.6 Å². The number of allylic oxidation sites excluding steroid dienone is 2. The number of carbonyl (C=O) groups excluding carboxylic acids is 2. The second-order valence-corrected chi connectivity index (χ2v) is 9.99. The molecule has 35 heavy (non-hydrogen) atoms. The Balaban J connectivity index is 1.24. The molecule has 1 fully saturated rings. The van der Waals surface area contributed by atoms with Crippen molar-refractivity contribution in [3.05, 3.63) is 72.3 Å². The van der Waals surface area contributed by atoms with E-state index in [1.54, 1.807) is 6.07 Å². The van der Waals surface area contributed by atoms with Gasteiger partial charge in [-0.05, 0) is 36.6 Å². The zero-order chi connectivity index (χ0) is 24.6. The highest BCUT2D eigenvalue weighted by atomic mass is 32.2. The van der Waals surface area contributed by atoms with E-state index in [-0.39, 0.29) is 11.8 Å². The van der Waals surface area contributed by atoms with Gasteiger partial charge >= 0.3 is 5.97 Å². The summed E-state index contributed by atoms with van der Waals surface area (Å²) in [5.41, 5.74) is 1.90. The third kappa shape index (κ3) is 6.96. The fraction of sp³-hybridized carbons (Fsp3) is 0.370. The highest BCUT2D eigenvalue weighted by Gasteiger charge is 2.34. The lowest BCUT2D eigenvalue weighted by atomic mass is 9.82. The summed E-state index contributed by atoms with van der Waals surface area (Å²) in [5, 5.41) is 12.3. The lowest BCUT2D eigenvalue weighted by Gasteiger charge is -2.34. The van der Waals surface area contributed by atoms with Crippen molar-refractivity contribution in [2.75, 3.05) is 37.2 Å². The molecule has 1 aliphatic heterocycles. The Labute approximate surface area is 210 Å². The molecule has 2 atom stereocenters. The van der Waals surface area contributed by atoms with Crippen LogP contribution in [0.4, 0.5) is 5.69 Å². The predicted molar refractivity (Wildman–Crippen MR) is 137 cm³/mol. The van der Waals surface area contributed by atoms with Gasteiger partial charge in [0.1, 0.15) is 0 Å². The van der Waals surface area contributed by atoms with Crippen LogP contribution >= 0.6 is 11.8 Å². The summed E-state index contributed by atoms with van der Waals surface area (Å²) >= 11 is 1.45. The molecule has 1 saturated heterocycles. The molecule has 1 aliphatic carbocycles. The number of anilines is 1. The molecule has 2 aromatic carbocycles. The van der Waals surface area contributed by atoms with Crippen molar-refractivity contribution < 1.29 is 19.5 Å². The van der Waals surface area contributed by atoms with Crippen LogP contribution in [0, 0.1) is 11.8 Å². The number of carboxylic acids is 1. The number of amides is 2. The molecule has 7 nitrogen and oxygen atoms in total. The van der Waals surface area contributed by atoms with E-state index in [2.05, 4.69) is 22.3 Å². The van der Waals surface area contributed by atoms with Gasteiger partial charge < -0.3 is 15.3 Å². The molecule has 0 saturated carbocycles. The Kier molecular flexibility index (Phi) is 8.60. The number of benzene rings is 2. The molecule has 0 spiro atoms. The first kappa shape index (κ1) is 25.0. The third-order valence-corrected chi connectivity index (χ3v) is 7.50. The maximum atomic E-state index is 12.8. The van der Waals surface area contributed by atoms with Crippen LogP contribution in [-0.4, -0.2) is 64.6 Å². The molecule has 0 radical (unpaired) electrons. The Morgan fingerprint density at radius 3 is 2.34 bits per heavy atom. The van der Waals surface area contributed by atoms with E-state index in [1.165, 1.54) is 17.3 Å². The first-order chi connectivity index (χ1) is 17.0. The fourth-order valence-electron chi connectivity index (χ4n) is 4.51. The van der Waals surface area contributed by atoms with E-state index in [0.29, 0.717) is 24.3 Å². The van der Waals surface area contributed by atoms with Gasteiger partial charge in [-0.15, -0.1) is 11.8 Å². The molecule has 1 heterocycles. The Bertz CT molecular complexity index is 1070. The Morgan fingerprint density at radius 2 is 1.63 bits per heavy atom. The highest BCUT2D eigenvalue weighted by molar-refractivity contribution is 8.00. The van der Waals surface area contributed by atoms with Gasteiger partial charge in [-0.2, -0.15) is 0 Å². The van der Waals surface area contributed by atoms with Gasteiger partial charge in [0.15, 0.2) is 0 Å². The minimum absolute atomic E-state index is 0.113. The third-order valence-electron chi connectivity index (χ3n) is 6.52. The molecular weight excluding hydrogens is 462 g/mol. The number of piperazine rings is 1. The van der Waals surface area contributed by atoms with Crippen molar-refractivity contribution in [2.45, 2.75) is 24.3 Å². The monoisotopic (exact) mass is 493 g/mol. The summed E-state index contributed by atoms with van der Waals surface area (Å²) in [4.78, 5) is 42.2. The zero-order valence-corrected chi connectivity index (χ0v) is 20.5. The molecule has 2 aromatic rings. The average Bonchev–Trinajstić information content (AvgIpc) is 2.88. The second kappa shape index (κ2) is 12.0. The van der Waals surface area contributed by atoms with E-state index < -0.39 is 17.8 Å². The van der Waals surface area contributed by atoms with E-state index in [4.69, 9.17) is 0 Å². The Hall–Kier alpha value is -3.10. The van der Waals surface area contributed by atoms with Gasteiger partial charge in [-0.1, -0.05) is 48.6 Å². The first-order valence-corrected chi connectivity index (χ1v) is 12.9. The standard InChI is InChI=1S/C27H31N3O4S/c31-25(30-15-13-29(14-16-30)18-20-7-2-1-3-8-20)19-35-22-10-6-9-21(17-22)28-26(32)23-11-4-5-12-24(23)27(33)34/h1-10,17,23-24H,11-16,18-19H2,(H,28,32)(H,33,34). The smallest absolute Gasteiger partial charge is 0.307 e. The topological polar surface area (TPSA) is 89.9 Å². The fourth-order valence-corrected chi connectivity index (χ4v) is 5.37. The van der Waals surface area contributed by atoms with Crippen LogP contribution in [0.15, 0.2) is 71.6 Å². The zero-order valence-electron chi connectivity index (χ0n) is 19.6. The van der Waals surface area contributed by atoms with Crippen LogP contribution in [-0.2, 0) is 20.9 Å². The molecule has 8 heteroatoms. The number of rotatable bonds is 8. The predicted octanol–water partition coefficient (Wildman–Crippen LogP) is 3.73. The number of thioether (sulfide) groups is 1. The summed E-state index contributed by atoms with van der Waals surface area (Å²) in [6.07, 6.45) is 4.47. The van der Waals surface area contributed by atoms with Gasteiger partial charge in [0, 0.05) is 43.3 Å². The number of carbonyl (C=O) groups is 3. The summed E-state index contributed by atoms with van der Waals surface area (Å²) < 4.78 is 0. The number of nitrogens with one attached hydrogen (secondary N) is 1. The molecule has 184 valence electrons. The quantitative estimate of drug-likeness (QED) is 0.430. The van der Waals surface area contributed by atoms with Crippen molar-refractivity contribution in [1.82, 2.24) is 9.80 Å². The van der Waals surface area contributed by atoms with Crippen LogP contribution in [0.1, 0.15) is 18.4 Å². The van der Waals surface area contributed by atoms with Gasteiger partial charge in [-0.25, -0.2) is 0 Å². The molecule has 2 unspecified atom stereocenters. The Morgan fingerprint density at radius 1 is 0.914 bits per heavy atom. The van der Waals surface area contributed by atoms with Crippen molar-refractivity contribution in [2.24, 2.45) is 11.8 Å². The first-order valence-electron chi connectivity index (χ1n) is 11.9. The number of nitrogens with zero attached hydrogens (tertiary/aromatic N) is 2. The van der Waals surface area contributed by atoms with E-state index in [9.17, 15) is 19.5 Å². The number of hydrogen-bond acceptors (Lipinski definition) is 5. The summed E-state index contributed by atoms with van der Waals surface area (Å²) in [6, 6.07) is 17.7. The van der Waals surface area contributed by atoms with E-state index in [0.717, 1.165) is 37.6 Å². The van der Waals surface area contributed by atoms with Crippen molar-refractivity contribution in [1.29, 1.82) is 0 Å². The van der Waals surface area contributed by atoms with E-state index in [1.807, 2.05) is 53.5 Å². The van der Waals surface area contributed by atoms with Gasteiger partial charge in [0.2, 0.25) is 11.8 Å². The van der Waals surface area contributed by atoms with E-state index >= 15 is 0 Å². The average molecular weight is 494 g/mol. The van der Waals surface area contributed by atoms with Crippen LogP contribution in [0.2, 0.25) is 0 Å². The van der Waals surface area contributed by atoms with Crippen LogP contribution in [0.25, 0.3) is 0 Å². The maximum absolute atomic E-state index is 12.8. The minimum atomic E-state index is -0.946. The van der Waals surface area contributed by atoms with Gasteiger partial charge in [-0.3, -0.25) is 19.3 Å². The lowest BCUT2D eigenvalue weighted by Crippen LogP contribution is -2.48. The number of aliphatic carboxylic acids is 1. The van der Waals surface area contributed by atoms with Crippen molar-refractivity contribution >= 4 is 35.2 Å². The largest absolute Gasteiger partial charge is 0.481 e. The molecule has 0 aromatic heterocycles. The number of carboxylic acid groups (broad SMARTS) is 1. The molecule has 2 amide bonds. The normalized spacial score (nSPS) is 20.4. The van der Waals surface area contributed by atoms with Crippen LogP contribution in [0.3, 0.4) is 0 Å². The molecule has 4 rings (SSSR count). The summed E-state index contributed by atoms with van der Waals surface area (Å²) in [6.45, 7) is 4.08. The molecule has 2 aliphatic rings. The molecule has 2 N–H and O–H groups in total. The number of hydrogen-bond donors (Lipinski definition) is 2. The maximum Gasteiger partial charge on any atom is 0.307 e. The van der Waals surface area contributed by atoms with Crippen molar-refractivity contribution in [3.8, 4) is 0 Å². The lowest BCUT2D eigenvalue weighted by molar-refractivity contribution is -0.146. The highest BCUT2D eigenvalue weighted by Crippen LogP contribution is 2.28. The molecular formula is C27H31N3O4S. The second-order valence-electron chi connectivity index (χ2n) is 8.94. The van der Waals surface area contributed by atoms with Crippen LogP contribution in [0.5, 0.6) is 0 Å². The van der Waals surface area contributed by atoms with Gasteiger partial charge in [0.25, 0.3) is 0 Å². The molecule has 0 bridgehead atoms. The van der Waals surface area contributed by atoms with Crippen LogP contribution < -0.4 is 5.32 Å². The summed E-state index contributed by atoms with van der Waals surface area (Å²) in [7, 11) is 0.